The number of rotatable bonds is 14. The fraction of sp³-hybridized carbons (Fsp3) is 0.265. The molecule has 0 aliphatic carbocycles. The normalized spacial score (nSPS) is 16.5. The lowest BCUT2D eigenvalue weighted by atomic mass is 9.80. The van der Waals surface area contributed by atoms with Gasteiger partial charge in [-0.1, -0.05) is 70.8 Å². The predicted octanol–water partition coefficient (Wildman–Crippen LogP) is 11.5. The zero-order valence-corrected chi connectivity index (χ0v) is 50.2. The molecule has 0 radical (unpaired) electrons. The summed E-state index contributed by atoms with van der Waals surface area (Å²) < 4.78 is 28.4. The van der Waals surface area contributed by atoms with Gasteiger partial charge in [-0.05, 0) is 115 Å². The first-order valence-electron chi connectivity index (χ1n) is 28.8. The van der Waals surface area contributed by atoms with E-state index in [9.17, 15) is 9.59 Å². The number of hydrogen-bond donors (Lipinski definition) is 2. The molecular formula is C68H62N6O10S2. The summed E-state index contributed by atoms with van der Waals surface area (Å²) in [4.78, 5) is 103. The van der Waals surface area contributed by atoms with Gasteiger partial charge in [0.2, 0.25) is 11.8 Å². The molecule has 9 aromatic rings. The molecule has 0 aromatic heterocycles. The minimum Gasteiger partial charge on any atom is -0.457 e. The van der Waals surface area contributed by atoms with Crippen molar-refractivity contribution in [3.8, 4) is 46.0 Å². The largest absolute Gasteiger partial charge is 0.457 e. The summed E-state index contributed by atoms with van der Waals surface area (Å²) in [5, 5.41) is 2.48. The molecule has 16 nitrogen and oxygen atoms in total. The summed E-state index contributed by atoms with van der Waals surface area (Å²) in [6, 6.07) is 33.4. The molecule has 0 bridgehead atoms. The van der Waals surface area contributed by atoms with Crippen LogP contribution in [0.3, 0.4) is 0 Å². The molecule has 4 aliphatic rings. The molecular weight excluding hydrogens is 1120 g/mol. The Bertz CT molecular complexity index is 3780. The van der Waals surface area contributed by atoms with E-state index in [1.807, 2.05) is 90.3 Å². The fourth-order valence-corrected chi connectivity index (χ4v) is 13.0. The van der Waals surface area contributed by atoms with Crippen molar-refractivity contribution in [2.45, 2.75) is 39.8 Å². The van der Waals surface area contributed by atoms with Crippen LogP contribution in [0.5, 0.6) is 46.0 Å². The molecule has 0 spiro atoms. The Labute approximate surface area is 507 Å². The highest BCUT2D eigenvalue weighted by Crippen LogP contribution is 2.58. The standard InChI is InChI=1S/C68H62N6O10S2/c1-37-7-15-41(16-8-37)81-51-31-45-55-46(64(76)73(63(45)75)49(35-85)67(79)71-27-23-69(5)24-28-71)33-53(83-43-19-11-39(3)12-20-43)59-60-54(84-44-21-13-40(4)14-22-44)34-48-56-47(65(77)74(66(48)78)50(36-86)68(80)72-29-25-70(6)26-30-72)32-52(58(62(56)60)57(51)61(55)59)82-42-17-9-38(2)10-18-42/h7-22,31-34,49-50,85-86H,23-30,35-36H2,1-6H3. The van der Waals surface area contributed by atoms with Gasteiger partial charge in [-0.15, -0.1) is 0 Å². The number of aryl methyl sites for hydroxylation is 4. The predicted molar refractivity (Wildman–Crippen MR) is 337 cm³/mol. The lowest BCUT2D eigenvalue weighted by Crippen LogP contribution is -2.58. The van der Waals surface area contributed by atoms with E-state index in [2.05, 4.69) is 35.1 Å². The molecule has 4 aliphatic heterocycles. The number of imide groups is 2. The molecule has 2 fully saturated rings. The molecule has 0 saturated carbocycles. The summed E-state index contributed by atoms with van der Waals surface area (Å²) in [7, 11) is 3.95. The summed E-state index contributed by atoms with van der Waals surface area (Å²) in [5.74, 6) is -2.01. The van der Waals surface area contributed by atoms with Crippen LogP contribution in [0.4, 0.5) is 0 Å². The first kappa shape index (κ1) is 56.5. The van der Waals surface area contributed by atoms with Crippen molar-refractivity contribution in [3.05, 3.63) is 166 Å². The van der Waals surface area contributed by atoms with Crippen molar-refractivity contribution >= 4 is 104 Å². The first-order chi connectivity index (χ1) is 41.5. The van der Waals surface area contributed by atoms with Gasteiger partial charge in [0.25, 0.3) is 23.6 Å². The van der Waals surface area contributed by atoms with Crippen molar-refractivity contribution in [3.63, 3.8) is 0 Å². The van der Waals surface area contributed by atoms with Gasteiger partial charge in [0.05, 0.1) is 22.3 Å². The maximum Gasteiger partial charge on any atom is 0.262 e. The van der Waals surface area contributed by atoms with Gasteiger partial charge < -0.3 is 38.5 Å². The van der Waals surface area contributed by atoms with Gasteiger partial charge in [0, 0.05) is 107 Å². The maximum atomic E-state index is 15.9. The quantitative estimate of drug-likeness (QED) is 0.0460. The fourth-order valence-electron chi connectivity index (χ4n) is 12.4. The highest BCUT2D eigenvalue weighted by Gasteiger charge is 2.47. The highest BCUT2D eigenvalue weighted by atomic mass is 32.1. The molecule has 18 heteroatoms. The van der Waals surface area contributed by atoms with Gasteiger partial charge in [-0.2, -0.15) is 25.3 Å². The van der Waals surface area contributed by atoms with Gasteiger partial charge >= 0.3 is 0 Å². The number of carbonyl (C=O) groups excluding carboxylic acids is 6. The molecule has 0 N–H and O–H groups in total. The number of benzene rings is 9. The molecule has 2 atom stereocenters. The topological polar surface area (TPSA) is 159 Å². The van der Waals surface area contributed by atoms with E-state index < -0.39 is 47.5 Å². The molecule has 13 rings (SSSR count). The first-order valence-corrected chi connectivity index (χ1v) is 30.0. The van der Waals surface area contributed by atoms with Gasteiger partial charge in [-0.3, -0.25) is 38.6 Å². The van der Waals surface area contributed by atoms with Crippen LogP contribution in [0.2, 0.25) is 0 Å². The third kappa shape index (κ3) is 9.68. The van der Waals surface area contributed by atoms with Crippen LogP contribution >= 0.6 is 25.3 Å². The lowest BCUT2D eigenvalue weighted by molar-refractivity contribution is -0.137. The van der Waals surface area contributed by atoms with Crippen LogP contribution in [-0.4, -0.2) is 155 Å². The summed E-state index contributed by atoms with van der Waals surface area (Å²) in [6.45, 7) is 11.8. The number of hydrogen-bond acceptors (Lipinski definition) is 14. The second kappa shape index (κ2) is 22.3. The summed E-state index contributed by atoms with van der Waals surface area (Å²) >= 11 is 9.35. The minimum atomic E-state index is -1.30. The maximum absolute atomic E-state index is 15.9. The zero-order chi connectivity index (χ0) is 60.0. The SMILES string of the molecule is Cc1ccc(Oc2cc3c4c(cc(Oc5ccc(C)cc5)c5c6c(Oc7ccc(C)cc7)cc7c8c(cc(Oc9ccc(C)cc9)c(c2c45)c86)C(=O)N(C(CS)C(=O)N2CCN(C)CC2)C7=O)C(=O)N(C(CS)C(=O)N2CCN(C)CC2)C3=O)cc1. The Balaban J connectivity index is 1.18. The minimum absolute atomic E-state index is 0.0569. The molecule has 86 heavy (non-hydrogen) atoms. The van der Waals surface area contributed by atoms with E-state index in [1.54, 1.807) is 82.6 Å². The number of ether oxygens (including phenoxy) is 4. The van der Waals surface area contributed by atoms with Gasteiger partial charge in [0.1, 0.15) is 58.1 Å². The Morgan fingerprint density at radius 3 is 0.826 bits per heavy atom. The van der Waals surface area contributed by atoms with Crippen molar-refractivity contribution < 1.29 is 47.7 Å². The van der Waals surface area contributed by atoms with E-state index in [-0.39, 0.29) is 67.5 Å². The van der Waals surface area contributed by atoms with Crippen LogP contribution in [0.25, 0.3) is 43.1 Å². The Kier molecular flexibility index (Phi) is 14.6. The van der Waals surface area contributed by atoms with E-state index in [0.717, 1.165) is 32.1 Å². The summed E-state index contributed by atoms with van der Waals surface area (Å²) in [6.07, 6.45) is 0. The summed E-state index contributed by atoms with van der Waals surface area (Å²) in [5.41, 5.74) is 4.07. The number of piperazine rings is 2. The molecule has 2 saturated heterocycles. The zero-order valence-electron chi connectivity index (χ0n) is 48.4. The average molecular weight is 1190 g/mol. The molecule has 9 aromatic carbocycles. The van der Waals surface area contributed by atoms with Crippen molar-refractivity contribution in [2.75, 3.05) is 78.0 Å². The van der Waals surface area contributed by atoms with E-state index in [4.69, 9.17) is 18.9 Å². The number of thiol groups is 2. The third-order valence-electron chi connectivity index (χ3n) is 17.1. The number of fused-ring (bicyclic) bond motifs is 2. The van der Waals surface area contributed by atoms with E-state index in [0.29, 0.717) is 108 Å². The second-order valence-electron chi connectivity index (χ2n) is 23.0. The van der Waals surface area contributed by atoms with Crippen molar-refractivity contribution in [1.29, 1.82) is 0 Å². The monoisotopic (exact) mass is 1190 g/mol. The Hall–Kier alpha value is -8.68. The average Bonchev–Trinajstić information content (AvgIpc) is 0.759. The molecule has 4 heterocycles. The number of amides is 6. The molecule has 2 unspecified atom stereocenters. The number of nitrogens with zero attached hydrogens (tertiary/aromatic N) is 6. The van der Waals surface area contributed by atoms with Crippen molar-refractivity contribution in [1.82, 2.24) is 29.4 Å². The van der Waals surface area contributed by atoms with Gasteiger partial charge in [0.15, 0.2) is 0 Å². The molecule has 6 amide bonds. The Morgan fingerprint density at radius 2 is 0.605 bits per heavy atom. The smallest absolute Gasteiger partial charge is 0.262 e. The van der Waals surface area contributed by atoms with Crippen LogP contribution in [-0.2, 0) is 9.59 Å². The van der Waals surface area contributed by atoms with Crippen LogP contribution in [0, 0.1) is 27.7 Å². The van der Waals surface area contributed by atoms with Crippen molar-refractivity contribution in [2.24, 2.45) is 0 Å². The third-order valence-corrected chi connectivity index (χ3v) is 17.8. The number of likely N-dealkylation sites (N-methyl/N-ethyl adjacent to an activating group) is 2. The van der Waals surface area contributed by atoms with Crippen LogP contribution in [0.15, 0.2) is 121 Å². The van der Waals surface area contributed by atoms with E-state index >= 15 is 19.2 Å². The van der Waals surface area contributed by atoms with Crippen LogP contribution in [0.1, 0.15) is 63.7 Å². The lowest BCUT2D eigenvalue weighted by Gasteiger charge is -2.39. The van der Waals surface area contributed by atoms with Crippen LogP contribution < -0.4 is 18.9 Å². The number of carbonyl (C=O) groups is 6. The second-order valence-corrected chi connectivity index (χ2v) is 23.7. The van der Waals surface area contributed by atoms with E-state index in [1.165, 1.54) is 0 Å². The molecule has 436 valence electrons. The highest BCUT2D eigenvalue weighted by molar-refractivity contribution is 7.80. The Morgan fingerprint density at radius 1 is 0.372 bits per heavy atom. The van der Waals surface area contributed by atoms with Gasteiger partial charge in [-0.25, -0.2) is 0 Å².